The largest absolute Gasteiger partial charge is 0.478 e. The van der Waals surface area contributed by atoms with Gasteiger partial charge in [0.15, 0.2) is 0 Å². The summed E-state index contributed by atoms with van der Waals surface area (Å²) in [6.07, 6.45) is 3.80. The van der Waals surface area contributed by atoms with E-state index in [1.165, 1.54) is 10.5 Å². The number of carboxylic acid groups (broad SMARTS) is 1. The Balaban J connectivity index is 1.17. The van der Waals surface area contributed by atoms with E-state index < -0.39 is 10.8 Å². The van der Waals surface area contributed by atoms with Gasteiger partial charge in [0.25, 0.3) is 5.91 Å². The van der Waals surface area contributed by atoms with Gasteiger partial charge in [0, 0.05) is 35.9 Å². The number of carboxylic acids is 1. The average Bonchev–Trinajstić information content (AvgIpc) is 3.65. The molecule has 4 N–H and O–H groups in total. The van der Waals surface area contributed by atoms with Crippen molar-refractivity contribution < 1.29 is 14.7 Å². The van der Waals surface area contributed by atoms with Gasteiger partial charge in [-0.15, -0.1) is 11.8 Å². The van der Waals surface area contributed by atoms with Crippen LogP contribution in [0.2, 0.25) is 0 Å². The van der Waals surface area contributed by atoms with Gasteiger partial charge in [0.05, 0.1) is 21.5 Å². The number of amides is 1. The maximum Gasteiger partial charge on any atom is 0.336 e. The molecule has 258 valence electrons. The molecule has 0 radical (unpaired) electrons. The molecular weight excluding hydrogens is 653 g/mol. The summed E-state index contributed by atoms with van der Waals surface area (Å²) in [6.45, 7) is 4.73. The number of carbonyl (C=O) groups is 2. The summed E-state index contributed by atoms with van der Waals surface area (Å²) in [6, 6.07) is 37.4. The summed E-state index contributed by atoms with van der Waals surface area (Å²) < 4.78 is 2.21. The number of rotatable bonds is 12. The third-order valence-electron chi connectivity index (χ3n) is 9.65. The minimum Gasteiger partial charge on any atom is -0.478 e. The number of nitrogens with zero attached hydrogens (tertiary/aromatic N) is 2. The molecule has 0 aliphatic carbocycles. The van der Waals surface area contributed by atoms with Crippen LogP contribution in [0.25, 0.3) is 22.2 Å². The van der Waals surface area contributed by atoms with Gasteiger partial charge < -0.3 is 20.7 Å². The molecule has 7 nitrogen and oxygen atoms in total. The number of nitrogens with two attached hydrogens (primary N) is 1. The molecule has 1 aliphatic heterocycles. The van der Waals surface area contributed by atoms with Crippen LogP contribution in [0.1, 0.15) is 68.6 Å². The van der Waals surface area contributed by atoms with Crippen molar-refractivity contribution >= 4 is 34.7 Å². The normalized spacial score (nSPS) is 15.8. The van der Waals surface area contributed by atoms with E-state index in [1.807, 2.05) is 79.7 Å². The lowest BCUT2D eigenvalue weighted by Gasteiger charge is -2.29. The summed E-state index contributed by atoms with van der Waals surface area (Å²) in [5.74, 6) is -0.106. The fourth-order valence-electron chi connectivity index (χ4n) is 7.26. The van der Waals surface area contributed by atoms with E-state index in [4.69, 9.17) is 10.7 Å². The van der Waals surface area contributed by atoms with Crippen LogP contribution in [-0.4, -0.2) is 37.4 Å². The van der Waals surface area contributed by atoms with Gasteiger partial charge in [-0.3, -0.25) is 4.79 Å². The van der Waals surface area contributed by atoms with Crippen LogP contribution >= 0.6 is 11.8 Å². The predicted octanol–water partition coefficient (Wildman–Crippen LogP) is 8.45. The summed E-state index contributed by atoms with van der Waals surface area (Å²) in [4.78, 5) is 31.7. The van der Waals surface area contributed by atoms with Crippen molar-refractivity contribution in [3.8, 4) is 11.1 Å². The SMILES string of the molecule is CCCc1nc2c(C)cc(C(=O)NC(Cc3ccccc3)CC3(N)Cc4ccccc4S3)cc2n1Cc1ccc(-c2ccccc2C(=O)O)cc1. The summed E-state index contributed by atoms with van der Waals surface area (Å²) >= 11 is 1.70. The number of thioether (sulfide) groups is 1. The van der Waals surface area contributed by atoms with Gasteiger partial charge in [0.1, 0.15) is 5.82 Å². The molecule has 8 heteroatoms. The lowest BCUT2D eigenvalue weighted by molar-refractivity contribution is 0.0697. The molecule has 0 saturated carbocycles. The number of hydrogen-bond acceptors (Lipinski definition) is 5. The molecule has 51 heavy (non-hydrogen) atoms. The van der Waals surface area contributed by atoms with Gasteiger partial charge in [-0.2, -0.15) is 0 Å². The zero-order chi connectivity index (χ0) is 35.5. The second-order valence-corrected chi connectivity index (χ2v) is 15.0. The minimum atomic E-state index is -0.948. The Kier molecular flexibility index (Phi) is 9.80. The number of aromatic nitrogens is 2. The Hall–Kier alpha value is -5.18. The molecule has 0 saturated heterocycles. The molecule has 2 unspecified atom stereocenters. The first-order valence-corrected chi connectivity index (χ1v) is 18.3. The molecule has 0 spiro atoms. The predicted molar refractivity (Wildman–Crippen MR) is 205 cm³/mol. The zero-order valence-electron chi connectivity index (χ0n) is 28.9. The molecule has 6 aromatic rings. The fraction of sp³-hybridized carbons (Fsp3) is 0.233. The fourth-order valence-corrected chi connectivity index (χ4v) is 8.62. The second-order valence-electron chi connectivity index (χ2n) is 13.6. The Labute approximate surface area is 302 Å². The first-order valence-electron chi connectivity index (χ1n) is 17.5. The maximum absolute atomic E-state index is 14.2. The molecule has 0 bridgehead atoms. The van der Waals surface area contributed by atoms with E-state index in [2.05, 4.69) is 47.1 Å². The number of carbonyl (C=O) groups excluding carboxylic acids is 1. The third-order valence-corrected chi connectivity index (χ3v) is 11.0. The molecule has 1 aromatic heterocycles. The van der Waals surface area contributed by atoms with E-state index >= 15 is 0 Å². The molecule has 2 atom stereocenters. The molecule has 1 amide bonds. The lowest BCUT2D eigenvalue weighted by atomic mass is 9.95. The van der Waals surface area contributed by atoms with Crippen LogP contribution in [0, 0.1) is 6.92 Å². The lowest BCUT2D eigenvalue weighted by Crippen LogP contribution is -2.46. The van der Waals surface area contributed by atoms with Crippen LogP contribution in [0.4, 0.5) is 0 Å². The van der Waals surface area contributed by atoms with Crippen molar-refractivity contribution in [1.29, 1.82) is 0 Å². The Morgan fingerprint density at radius 1 is 0.941 bits per heavy atom. The molecule has 2 heterocycles. The molecule has 0 fully saturated rings. The van der Waals surface area contributed by atoms with Crippen LogP contribution in [0.15, 0.2) is 120 Å². The van der Waals surface area contributed by atoms with Crippen molar-refractivity contribution in [3.05, 3.63) is 154 Å². The highest BCUT2D eigenvalue weighted by Crippen LogP contribution is 2.44. The van der Waals surface area contributed by atoms with Crippen molar-refractivity contribution in [2.24, 2.45) is 5.73 Å². The standard InChI is InChI=1S/C43H42N4O3S/c1-3-11-39-46-40-28(2)22-33(24-37(40)47(39)27-30-18-20-31(21-19-30)35-15-8-9-16-36(35)42(49)50)41(48)45-34(23-29-12-5-4-6-13-29)26-43(44)25-32-14-7-10-17-38(32)51-43/h4-10,12-22,24,34H,3,11,23,25-27,44H2,1-2H3,(H,45,48)(H,49,50). The number of benzene rings is 5. The van der Waals surface area contributed by atoms with Crippen molar-refractivity contribution in [1.82, 2.24) is 14.9 Å². The van der Waals surface area contributed by atoms with E-state index in [9.17, 15) is 14.7 Å². The number of hydrogen-bond donors (Lipinski definition) is 3. The average molecular weight is 695 g/mol. The molecule has 5 aromatic carbocycles. The number of aromatic carboxylic acids is 1. The number of imidazole rings is 1. The van der Waals surface area contributed by atoms with E-state index in [1.54, 1.807) is 23.9 Å². The quantitative estimate of drug-likeness (QED) is 0.119. The number of aryl methyl sites for hydroxylation is 2. The van der Waals surface area contributed by atoms with Gasteiger partial charge in [-0.05, 0) is 83.8 Å². The highest BCUT2D eigenvalue weighted by Gasteiger charge is 2.37. The smallest absolute Gasteiger partial charge is 0.336 e. The molecule has 1 aliphatic rings. The van der Waals surface area contributed by atoms with Gasteiger partial charge in [-0.25, -0.2) is 9.78 Å². The minimum absolute atomic E-state index is 0.128. The zero-order valence-corrected chi connectivity index (χ0v) is 29.7. The first-order chi connectivity index (χ1) is 24.7. The van der Waals surface area contributed by atoms with Gasteiger partial charge in [-0.1, -0.05) is 97.9 Å². The Morgan fingerprint density at radius 3 is 2.41 bits per heavy atom. The molecule has 7 rings (SSSR count). The van der Waals surface area contributed by atoms with E-state index in [0.29, 0.717) is 30.5 Å². The Morgan fingerprint density at radius 2 is 1.67 bits per heavy atom. The topological polar surface area (TPSA) is 110 Å². The summed E-state index contributed by atoms with van der Waals surface area (Å²) in [5.41, 5.74) is 15.7. The Bertz CT molecular complexity index is 2190. The van der Waals surface area contributed by atoms with Crippen molar-refractivity contribution in [3.63, 3.8) is 0 Å². The second kappa shape index (κ2) is 14.6. The van der Waals surface area contributed by atoms with E-state index in [0.717, 1.165) is 58.4 Å². The van der Waals surface area contributed by atoms with Crippen molar-refractivity contribution in [2.75, 3.05) is 0 Å². The monoisotopic (exact) mass is 694 g/mol. The molecular formula is C43H42N4O3S. The third kappa shape index (κ3) is 7.48. The van der Waals surface area contributed by atoms with Crippen LogP contribution in [0.5, 0.6) is 0 Å². The highest BCUT2D eigenvalue weighted by molar-refractivity contribution is 8.01. The number of fused-ring (bicyclic) bond motifs is 2. The van der Waals surface area contributed by atoms with Crippen LogP contribution < -0.4 is 11.1 Å². The van der Waals surface area contributed by atoms with E-state index in [-0.39, 0.29) is 17.5 Å². The van der Waals surface area contributed by atoms with Crippen LogP contribution in [0.3, 0.4) is 0 Å². The highest BCUT2D eigenvalue weighted by atomic mass is 32.2. The number of nitrogens with one attached hydrogen (secondary N) is 1. The van der Waals surface area contributed by atoms with Gasteiger partial charge >= 0.3 is 5.97 Å². The van der Waals surface area contributed by atoms with Crippen molar-refractivity contribution in [2.45, 2.75) is 68.3 Å². The van der Waals surface area contributed by atoms with Crippen LogP contribution in [-0.2, 0) is 25.8 Å². The maximum atomic E-state index is 14.2. The summed E-state index contributed by atoms with van der Waals surface area (Å²) in [5, 5.41) is 13.1. The van der Waals surface area contributed by atoms with Gasteiger partial charge in [0.2, 0.25) is 0 Å². The first kappa shape index (κ1) is 34.3. The summed E-state index contributed by atoms with van der Waals surface area (Å²) in [7, 11) is 0.